The number of nitro benzene ring substituents is 1. The number of amides is 1. The molecule has 206 valence electrons. The van der Waals surface area contributed by atoms with Crippen molar-refractivity contribution >= 4 is 17.3 Å². The predicted molar refractivity (Wildman–Crippen MR) is 142 cm³/mol. The fraction of sp³-hybridized carbons (Fsp3) is 0.214. The Kier molecular flexibility index (Phi) is 7.16. The van der Waals surface area contributed by atoms with Crippen LogP contribution in [0.5, 0.6) is 5.75 Å². The van der Waals surface area contributed by atoms with Crippen LogP contribution < -0.4 is 9.64 Å². The molecule has 1 aromatic heterocycles. The van der Waals surface area contributed by atoms with Crippen molar-refractivity contribution in [2.75, 3.05) is 38.2 Å². The lowest BCUT2D eigenvalue weighted by Gasteiger charge is -2.36. The summed E-state index contributed by atoms with van der Waals surface area (Å²) in [6.45, 7) is 1.22. The SMILES string of the molecule is COc1ccc(-c2cc(C(=O)N3CCN(c4cccc(C(F)(F)F)c4)CC3)n(-c3cccc([N+](=O)[O-])c3)n2)cc1. The molecule has 0 atom stereocenters. The van der Waals surface area contributed by atoms with E-state index < -0.39 is 16.7 Å². The summed E-state index contributed by atoms with van der Waals surface area (Å²) in [6, 6.07) is 19.7. The van der Waals surface area contributed by atoms with Crippen LogP contribution in [0.15, 0.2) is 78.9 Å². The van der Waals surface area contributed by atoms with Crippen LogP contribution >= 0.6 is 0 Å². The summed E-state index contributed by atoms with van der Waals surface area (Å²) in [4.78, 5) is 28.0. The number of piperazine rings is 1. The lowest BCUT2D eigenvalue weighted by Crippen LogP contribution is -2.49. The van der Waals surface area contributed by atoms with E-state index in [9.17, 15) is 28.1 Å². The summed E-state index contributed by atoms with van der Waals surface area (Å²) < 4.78 is 46.1. The molecule has 1 amide bonds. The highest BCUT2D eigenvalue weighted by molar-refractivity contribution is 5.94. The van der Waals surface area contributed by atoms with E-state index in [1.54, 1.807) is 59.4 Å². The molecule has 0 bridgehead atoms. The molecular formula is C28H24F3N5O4. The second-order valence-electron chi connectivity index (χ2n) is 9.16. The quantitative estimate of drug-likeness (QED) is 0.234. The van der Waals surface area contributed by atoms with Gasteiger partial charge >= 0.3 is 6.18 Å². The molecule has 1 fully saturated rings. The van der Waals surface area contributed by atoms with Crippen LogP contribution in [0.1, 0.15) is 16.1 Å². The smallest absolute Gasteiger partial charge is 0.416 e. The van der Waals surface area contributed by atoms with E-state index in [4.69, 9.17) is 4.74 Å². The van der Waals surface area contributed by atoms with E-state index in [0.29, 0.717) is 41.5 Å². The first kappa shape index (κ1) is 26.7. The number of hydrogen-bond acceptors (Lipinski definition) is 6. The molecular weight excluding hydrogens is 527 g/mol. The third-order valence-electron chi connectivity index (χ3n) is 6.70. The number of nitro groups is 1. The number of alkyl halides is 3. The number of aromatic nitrogens is 2. The molecule has 1 saturated heterocycles. The minimum Gasteiger partial charge on any atom is -0.497 e. The van der Waals surface area contributed by atoms with Gasteiger partial charge in [0, 0.05) is 49.6 Å². The molecule has 1 aliphatic heterocycles. The maximum absolute atomic E-state index is 13.7. The average molecular weight is 552 g/mol. The topological polar surface area (TPSA) is 93.7 Å². The molecule has 4 aromatic rings. The number of non-ortho nitro benzene ring substituents is 1. The van der Waals surface area contributed by atoms with Gasteiger partial charge in [-0.3, -0.25) is 14.9 Å². The van der Waals surface area contributed by atoms with Gasteiger partial charge in [0.25, 0.3) is 11.6 Å². The van der Waals surface area contributed by atoms with Crippen molar-refractivity contribution in [2.45, 2.75) is 6.18 Å². The molecule has 0 spiro atoms. The molecule has 0 N–H and O–H groups in total. The summed E-state index contributed by atoms with van der Waals surface area (Å²) in [6.07, 6.45) is -4.44. The molecule has 0 aliphatic carbocycles. The molecule has 40 heavy (non-hydrogen) atoms. The Morgan fingerprint density at radius 1 is 0.925 bits per heavy atom. The number of halogens is 3. The standard InChI is InChI=1S/C28H24F3N5O4/c1-40-24-10-8-19(9-11-24)25-18-26(35(32-25)22-6-3-7-23(17-22)36(38)39)27(37)34-14-12-33(13-15-34)21-5-2-4-20(16-21)28(29,30)31/h2-11,16-18H,12-15H2,1H3. The first-order valence-electron chi connectivity index (χ1n) is 12.3. The second-order valence-corrected chi connectivity index (χ2v) is 9.16. The maximum atomic E-state index is 13.7. The van der Waals surface area contributed by atoms with Gasteiger partial charge in [-0.05, 0) is 54.6 Å². The summed E-state index contributed by atoms with van der Waals surface area (Å²) >= 11 is 0. The van der Waals surface area contributed by atoms with Crippen molar-refractivity contribution in [1.29, 1.82) is 0 Å². The van der Waals surface area contributed by atoms with Crippen LogP contribution in [0, 0.1) is 10.1 Å². The molecule has 0 saturated carbocycles. The number of carbonyl (C=O) groups excluding carboxylic acids is 1. The van der Waals surface area contributed by atoms with Gasteiger partial charge in [-0.1, -0.05) is 12.1 Å². The lowest BCUT2D eigenvalue weighted by molar-refractivity contribution is -0.384. The van der Waals surface area contributed by atoms with Crippen molar-refractivity contribution in [2.24, 2.45) is 0 Å². The molecule has 3 aromatic carbocycles. The Balaban J connectivity index is 1.43. The minimum atomic E-state index is -4.44. The Bertz CT molecular complexity index is 1540. The van der Waals surface area contributed by atoms with Gasteiger partial charge in [0.15, 0.2) is 0 Å². The van der Waals surface area contributed by atoms with Gasteiger partial charge in [0.05, 0.1) is 29.0 Å². The van der Waals surface area contributed by atoms with Crippen LogP contribution in [0.25, 0.3) is 16.9 Å². The number of nitrogens with zero attached hydrogens (tertiary/aromatic N) is 5. The van der Waals surface area contributed by atoms with Crippen molar-refractivity contribution in [3.63, 3.8) is 0 Å². The zero-order chi connectivity index (χ0) is 28.4. The second kappa shape index (κ2) is 10.7. The van der Waals surface area contributed by atoms with E-state index in [0.717, 1.165) is 12.1 Å². The molecule has 0 unspecified atom stereocenters. The van der Waals surface area contributed by atoms with Crippen molar-refractivity contribution < 1.29 is 27.6 Å². The zero-order valence-corrected chi connectivity index (χ0v) is 21.3. The number of rotatable bonds is 6. The minimum absolute atomic E-state index is 0.146. The Labute approximate surface area is 227 Å². The highest BCUT2D eigenvalue weighted by Crippen LogP contribution is 2.32. The molecule has 2 heterocycles. The van der Waals surface area contributed by atoms with E-state index in [1.165, 1.54) is 28.9 Å². The van der Waals surface area contributed by atoms with Crippen LogP contribution in [-0.4, -0.2) is 58.8 Å². The van der Waals surface area contributed by atoms with Crippen molar-refractivity contribution in [1.82, 2.24) is 14.7 Å². The number of carbonyl (C=O) groups is 1. The molecule has 9 nitrogen and oxygen atoms in total. The zero-order valence-electron chi connectivity index (χ0n) is 21.3. The predicted octanol–water partition coefficient (Wildman–Crippen LogP) is 5.44. The fourth-order valence-electron chi connectivity index (χ4n) is 4.58. The number of ether oxygens (including phenoxy) is 1. The largest absolute Gasteiger partial charge is 0.497 e. The molecule has 0 radical (unpaired) electrons. The van der Waals surface area contributed by atoms with E-state index >= 15 is 0 Å². The lowest BCUT2D eigenvalue weighted by atomic mass is 10.1. The van der Waals surface area contributed by atoms with E-state index in [1.807, 2.05) is 0 Å². The van der Waals surface area contributed by atoms with Gasteiger partial charge in [0.1, 0.15) is 11.4 Å². The number of benzene rings is 3. The van der Waals surface area contributed by atoms with E-state index in [-0.39, 0.29) is 30.4 Å². The fourth-order valence-corrected chi connectivity index (χ4v) is 4.58. The van der Waals surface area contributed by atoms with Crippen LogP contribution in [0.2, 0.25) is 0 Å². The van der Waals surface area contributed by atoms with Gasteiger partial charge < -0.3 is 14.5 Å². The van der Waals surface area contributed by atoms with Crippen molar-refractivity contribution in [3.05, 3.63) is 100 Å². The molecule has 5 rings (SSSR count). The van der Waals surface area contributed by atoms with Crippen LogP contribution in [0.4, 0.5) is 24.5 Å². The Morgan fingerprint density at radius 3 is 2.25 bits per heavy atom. The third kappa shape index (κ3) is 5.46. The monoisotopic (exact) mass is 551 g/mol. The first-order chi connectivity index (χ1) is 19.1. The first-order valence-corrected chi connectivity index (χ1v) is 12.3. The Hall–Kier alpha value is -4.87. The normalized spacial score (nSPS) is 13.8. The van der Waals surface area contributed by atoms with Gasteiger partial charge in [-0.25, -0.2) is 4.68 Å². The number of hydrogen-bond donors (Lipinski definition) is 0. The number of methoxy groups -OCH3 is 1. The highest BCUT2D eigenvalue weighted by atomic mass is 19.4. The molecule has 12 heteroatoms. The highest BCUT2D eigenvalue weighted by Gasteiger charge is 2.32. The Morgan fingerprint density at radius 2 is 1.60 bits per heavy atom. The molecule has 1 aliphatic rings. The van der Waals surface area contributed by atoms with Gasteiger partial charge in [-0.15, -0.1) is 0 Å². The summed E-state index contributed by atoms with van der Waals surface area (Å²) in [5.41, 5.74) is 1.32. The average Bonchev–Trinajstić information content (AvgIpc) is 3.42. The van der Waals surface area contributed by atoms with Crippen LogP contribution in [0.3, 0.4) is 0 Å². The van der Waals surface area contributed by atoms with Gasteiger partial charge in [0.2, 0.25) is 0 Å². The number of anilines is 1. The van der Waals surface area contributed by atoms with Crippen molar-refractivity contribution in [3.8, 4) is 22.7 Å². The summed E-state index contributed by atoms with van der Waals surface area (Å²) in [5, 5.41) is 16.0. The van der Waals surface area contributed by atoms with Crippen LogP contribution in [-0.2, 0) is 6.18 Å². The van der Waals surface area contributed by atoms with Gasteiger partial charge in [-0.2, -0.15) is 18.3 Å². The summed E-state index contributed by atoms with van der Waals surface area (Å²) in [5.74, 6) is 0.305. The van der Waals surface area contributed by atoms with E-state index in [2.05, 4.69) is 5.10 Å². The summed E-state index contributed by atoms with van der Waals surface area (Å²) in [7, 11) is 1.55. The maximum Gasteiger partial charge on any atom is 0.416 e. The third-order valence-corrected chi connectivity index (χ3v) is 6.70.